The van der Waals surface area contributed by atoms with E-state index >= 15 is 0 Å². The minimum absolute atomic E-state index is 0.0233. The average molecular weight is 445 g/mol. The largest absolute Gasteiger partial charge is 0.506 e. The Kier molecular flexibility index (Phi) is 8.90. The lowest BCUT2D eigenvalue weighted by Crippen LogP contribution is -2.22. The molecule has 172 valence electrons. The molecule has 0 saturated heterocycles. The molecule has 0 fully saturated rings. The molecule has 0 aliphatic rings. The minimum Gasteiger partial charge on any atom is -0.506 e. The van der Waals surface area contributed by atoms with Crippen LogP contribution in [0.4, 0.5) is 8.78 Å². The number of alkyl halides is 2. The van der Waals surface area contributed by atoms with Gasteiger partial charge in [0.25, 0.3) is 5.92 Å². The van der Waals surface area contributed by atoms with Crippen LogP contribution in [0.1, 0.15) is 42.9 Å². The number of phenols is 1. The van der Waals surface area contributed by atoms with Gasteiger partial charge in [-0.15, -0.1) is 0 Å². The first-order chi connectivity index (χ1) is 15.5. The molecule has 0 aliphatic carbocycles. The van der Waals surface area contributed by atoms with Crippen molar-refractivity contribution in [2.24, 2.45) is 0 Å². The molecule has 1 atom stereocenters. The average Bonchev–Trinajstić information content (AvgIpc) is 2.81. The van der Waals surface area contributed by atoms with E-state index in [-0.39, 0.29) is 11.3 Å². The van der Waals surface area contributed by atoms with Gasteiger partial charge in [-0.2, -0.15) is 8.78 Å². The number of aliphatic hydroxyl groups is 1. The number of pyridine rings is 1. The van der Waals surface area contributed by atoms with E-state index in [1.54, 1.807) is 42.6 Å². The molecule has 0 bridgehead atoms. The number of nitrogens with one attached hydrogen (secondary N) is 1. The van der Waals surface area contributed by atoms with Crippen molar-refractivity contribution < 1.29 is 23.7 Å². The van der Waals surface area contributed by atoms with Crippen LogP contribution in [0.15, 0.2) is 60.8 Å². The van der Waals surface area contributed by atoms with Crippen LogP contribution in [0.2, 0.25) is 0 Å². The van der Waals surface area contributed by atoms with E-state index < -0.39 is 18.6 Å². The van der Waals surface area contributed by atoms with E-state index in [4.69, 9.17) is 4.74 Å². The van der Waals surface area contributed by atoms with Gasteiger partial charge >= 0.3 is 0 Å². The zero-order chi connectivity index (χ0) is 22.8. The standard InChI is InChI=1S/C25H30F2N2O3/c26-25(27,19-9-4-3-5-10-19)18-32-16-7-2-1-6-14-28-17-23(31)20-12-13-22(30)24-21(20)11-8-15-29-24/h3-5,8-13,15,23,28,30-31H,1-2,6-7,14,16-18H2. The molecule has 7 heteroatoms. The number of ether oxygens (including phenoxy) is 1. The lowest BCUT2D eigenvalue weighted by atomic mass is 10.0. The van der Waals surface area contributed by atoms with E-state index in [1.165, 1.54) is 12.1 Å². The van der Waals surface area contributed by atoms with Crippen LogP contribution in [0.5, 0.6) is 5.75 Å². The Balaban J connectivity index is 1.27. The van der Waals surface area contributed by atoms with Crippen LogP contribution in [-0.2, 0) is 10.7 Å². The zero-order valence-corrected chi connectivity index (χ0v) is 18.0. The van der Waals surface area contributed by atoms with Crippen LogP contribution in [0, 0.1) is 0 Å². The predicted octanol–water partition coefficient (Wildman–Crippen LogP) is 4.93. The van der Waals surface area contributed by atoms with Crippen LogP contribution in [-0.4, -0.2) is 41.5 Å². The van der Waals surface area contributed by atoms with Crippen LogP contribution in [0.25, 0.3) is 10.9 Å². The zero-order valence-electron chi connectivity index (χ0n) is 18.0. The Morgan fingerprint density at radius 2 is 1.75 bits per heavy atom. The lowest BCUT2D eigenvalue weighted by Gasteiger charge is -2.16. The summed E-state index contributed by atoms with van der Waals surface area (Å²) in [4.78, 5) is 4.17. The highest BCUT2D eigenvalue weighted by Crippen LogP contribution is 2.29. The number of hydrogen-bond acceptors (Lipinski definition) is 5. The molecule has 1 unspecified atom stereocenters. The van der Waals surface area contributed by atoms with Gasteiger partial charge in [0.1, 0.15) is 17.9 Å². The first-order valence-corrected chi connectivity index (χ1v) is 11.0. The number of rotatable bonds is 13. The maximum atomic E-state index is 14.0. The monoisotopic (exact) mass is 444 g/mol. The van der Waals surface area contributed by atoms with Crippen molar-refractivity contribution >= 4 is 10.9 Å². The molecule has 0 aliphatic heterocycles. The van der Waals surface area contributed by atoms with E-state index in [0.29, 0.717) is 18.7 Å². The molecular formula is C25H30F2N2O3. The molecule has 0 saturated carbocycles. The van der Waals surface area contributed by atoms with E-state index in [9.17, 15) is 19.0 Å². The molecule has 3 N–H and O–H groups in total. The number of unbranched alkanes of at least 4 members (excludes halogenated alkanes) is 3. The summed E-state index contributed by atoms with van der Waals surface area (Å²) < 4.78 is 33.2. The van der Waals surface area contributed by atoms with Crippen molar-refractivity contribution in [3.63, 3.8) is 0 Å². The van der Waals surface area contributed by atoms with E-state index in [1.807, 2.05) is 6.07 Å². The molecular weight excluding hydrogens is 414 g/mol. The summed E-state index contributed by atoms with van der Waals surface area (Å²) in [7, 11) is 0. The quantitative estimate of drug-likeness (QED) is 0.326. The van der Waals surface area contributed by atoms with Crippen molar-refractivity contribution in [3.8, 4) is 5.75 Å². The fraction of sp³-hybridized carbons (Fsp3) is 0.400. The highest BCUT2D eigenvalue weighted by Gasteiger charge is 2.31. The molecule has 0 spiro atoms. The third kappa shape index (κ3) is 6.69. The number of aromatic nitrogens is 1. The van der Waals surface area contributed by atoms with Gasteiger partial charge in [0.05, 0.1) is 6.10 Å². The summed E-state index contributed by atoms with van der Waals surface area (Å²) in [6.07, 6.45) is 4.41. The Morgan fingerprint density at radius 3 is 2.56 bits per heavy atom. The smallest absolute Gasteiger partial charge is 0.296 e. The maximum absolute atomic E-state index is 14.0. The van der Waals surface area contributed by atoms with Gasteiger partial charge in [0.15, 0.2) is 0 Å². The predicted molar refractivity (Wildman–Crippen MR) is 121 cm³/mol. The first kappa shape index (κ1) is 24.0. The summed E-state index contributed by atoms with van der Waals surface area (Å²) >= 11 is 0. The van der Waals surface area contributed by atoms with Gasteiger partial charge in [-0.3, -0.25) is 4.98 Å². The van der Waals surface area contributed by atoms with Crippen LogP contribution < -0.4 is 5.32 Å². The van der Waals surface area contributed by atoms with Gasteiger partial charge in [-0.05, 0) is 37.1 Å². The summed E-state index contributed by atoms with van der Waals surface area (Å²) in [5.74, 6) is -2.87. The molecule has 0 amide bonds. The third-order valence-corrected chi connectivity index (χ3v) is 5.35. The van der Waals surface area contributed by atoms with E-state index in [0.717, 1.165) is 43.2 Å². The lowest BCUT2D eigenvalue weighted by molar-refractivity contribution is -0.0831. The van der Waals surface area contributed by atoms with E-state index in [2.05, 4.69) is 10.3 Å². The third-order valence-electron chi connectivity index (χ3n) is 5.35. The number of aliphatic hydroxyl groups excluding tert-OH is 1. The van der Waals surface area contributed by atoms with Gasteiger partial charge in [0.2, 0.25) is 0 Å². The van der Waals surface area contributed by atoms with Gasteiger partial charge in [-0.1, -0.05) is 55.3 Å². The SMILES string of the molecule is Oc1ccc(C(O)CNCCCCCCOCC(F)(F)c2ccccc2)c2cccnc12. The van der Waals surface area contributed by atoms with Gasteiger partial charge in [0, 0.05) is 30.3 Å². The van der Waals surface area contributed by atoms with Gasteiger partial charge < -0.3 is 20.3 Å². The molecule has 5 nitrogen and oxygen atoms in total. The molecule has 3 rings (SSSR count). The number of benzene rings is 2. The molecule has 1 aromatic heterocycles. The Morgan fingerprint density at radius 1 is 0.969 bits per heavy atom. The number of nitrogens with zero attached hydrogens (tertiary/aromatic N) is 1. The van der Waals surface area contributed by atoms with Crippen molar-refractivity contribution in [2.75, 3.05) is 26.3 Å². The number of fused-ring (bicyclic) bond motifs is 1. The topological polar surface area (TPSA) is 74.6 Å². The second-order valence-electron chi connectivity index (χ2n) is 7.83. The maximum Gasteiger partial charge on any atom is 0.296 e. The summed E-state index contributed by atoms with van der Waals surface area (Å²) in [5.41, 5.74) is 1.18. The first-order valence-electron chi connectivity index (χ1n) is 11.0. The Bertz CT molecular complexity index is 970. The number of phenolic OH excluding ortho intramolecular Hbond substituents is 1. The molecule has 1 heterocycles. The highest BCUT2D eigenvalue weighted by atomic mass is 19.3. The summed E-state index contributed by atoms with van der Waals surface area (Å²) in [6, 6.07) is 14.6. The number of halogens is 2. The van der Waals surface area contributed by atoms with Crippen LogP contribution in [0.3, 0.4) is 0 Å². The summed E-state index contributed by atoms with van der Waals surface area (Å²) in [5, 5.41) is 24.4. The van der Waals surface area contributed by atoms with Crippen molar-refractivity contribution in [1.29, 1.82) is 0 Å². The fourth-order valence-electron chi connectivity index (χ4n) is 3.59. The van der Waals surface area contributed by atoms with Crippen molar-refractivity contribution in [3.05, 3.63) is 71.9 Å². The normalized spacial score (nSPS) is 12.8. The summed E-state index contributed by atoms with van der Waals surface area (Å²) in [6.45, 7) is 0.860. The fourth-order valence-corrected chi connectivity index (χ4v) is 3.59. The van der Waals surface area contributed by atoms with Crippen molar-refractivity contribution in [2.45, 2.75) is 37.7 Å². The van der Waals surface area contributed by atoms with Crippen molar-refractivity contribution in [1.82, 2.24) is 10.3 Å². The minimum atomic E-state index is -2.97. The Labute approximate surface area is 187 Å². The molecule has 32 heavy (non-hydrogen) atoms. The second kappa shape index (κ2) is 11.9. The second-order valence-corrected chi connectivity index (χ2v) is 7.83. The number of hydrogen-bond donors (Lipinski definition) is 3. The van der Waals surface area contributed by atoms with Crippen LogP contribution >= 0.6 is 0 Å². The highest BCUT2D eigenvalue weighted by molar-refractivity contribution is 5.87. The number of aromatic hydroxyl groups is 1. The van der Waals surface area contributed by atoms with Gasteiger partial charge in [-0.25, -0.2) is 0 Å². The Hall–Kier alpha value is -2.61. The molecule has 0 radical (unpaired) electrons. The molecule has 2 aromatic carbocycles. The molecule has 3 aromatic rings.